The molecule has 9 nitrogen and oxygen atoms in total. The SMILES string of the molecule is COc1cc(/C=C/C(=O)COc2c(-c3ccc(O)cc3)oc3cc(O)cc(O)c3c2=O)ccc1OCc1ccccc1. The van der Waals surface area contributed by atoms with Crippen LogP contribution in [-0.4, -0.2) is 34.8 Å². The lowest BCUT2D eigenvalue weighted by Crippen LogP contribution is -2.15. The van der Waals surface area contributed by atoms with Gasteiger partial charge in [-0.15, -0.1) is 0 Å². The van der Waals surface area contributed by atoms with Crippen LogP contribution in [0.15, 0.2) is 100 Å². The van der Waals surface area contributed by atoms with Crippen molar-refractivity contribution in [2.75, 3.05) is 13.7 Å². The Kier molecular flexibility index (Phi) is 8.10. The Morgan fingerprint density at radius 1 is 0.857 bits per heavy atom. The van der Waals surface area contributed by atoms with Crippen LogP contribution in [0.4, 0.5) is 0 Å². The molecule has 0 bridgehead atoms. The zero-order chi connectivity index (χ0) is 29.6. The molecule has 1 aromatic heterocycles. The van der Waals surface area contributed by atoms with Gasteiger partial charge in [-0.2, -0.15) is 0 Å². The Labute approximate surface area is 240 Å². The van der Waals surface area contributed by atoms with E-state index in [4.69, 9.17) is 18.6 Å². The van der Waals surface area contributed by atoms with E-state index in [0.29, 0.717) is 29.2 Å². The van der Waals surface area contributed by atoms with Gasteiger partial charge in [0.1, 0.15) is 34.8 Å². The quantitative estimate of drug-likeness (QED) is 0.179. The minimum absolute atomic E-state index is 0.00706. The summed E-state index contributed by atoms with van der Waals surface area (Å²) in [6.45, 7) is -0.137. The molecule has 0 radical (unpaired) electrons. The molecule has 0 spiro atoms. The number of hydrogen-bond donors (Lipinski definition) is 3. The first-order valence-electron chi connectivity index (χ1n) is 12.8. The Bertz CT molecular complexity index is 1820. The van der Waals surface area contributed by atoms with Crippen LogP contribution in [0.5, 0.6) is 34.5 Å². The Morgan fingerprint density at radius 2 is 1.62 bits per heavy atom. The average Bonchev–Trinajstić information content (AvgIpc) is 2.99. The predicted molar refractivity (Wildman–Crippen MR) is 156 cm³/mol. The maximum Gasteiger partial charge on any atom is 0.239 e. The molecule has 5 rings (SSSR count). The van der Waals surface area contributed by atoms with Gasteiger partial charge in [0.05, 0.1) is 7.11 Å². The number of hydrogen-bond acceptors (Lipinski definition) is 9. The minimum Gasteiger partial charge on any atom is -0.508 e. The van der Waals surface area contributed by atoms with Gasteiger partial charge in [0.15, 0.2) is 29.6 Å². The highest BCUT2D eigenvalue weighted by molar-refractivity contribution is 5.95. The molecule has 0 amide bonds. The molecule has 0 aliphatic carbocycles. The molecule has 0 fully saturated rings. The fourth-order valence-corrected chi connectivity index (χ4v) is 4.23. The van der Waals surface area contributed by atoms with Gasteiger partial charge in [-0.25, -0.2) is 0 Å². The number of phenolic OH excluding ortho intramolecular Hbond substituents is 3. The topological polar surface area (TPSA) is 136 Å². The summed E-state index contributed by atoms with van der Waals surface area (Å²) in [5.74, 6) is -0.567. The molecule has 1 heterocycles. The lowest BCUT2D eigenvalue weighted by Gasteiger charge is -2.12. The van der Waals surface area contributed by atoms with E-state index in [1.54, 1.807) is 24.3 Å². The van der Waals surface area contributed by atoms with Crippen LogP contribution in [0.3, 0.4) is 0 Å². The van der Waals surface area contributed by atoms with Crippen molar-refractivity contribution in [2.45, 2.75) is 6.61 Å². The summed E-state index contributed by atoms with van der Waals surface area (Å²) in [5, 5.41) is 29.6. The molecule has 9 heteroatoms. The molecule has 0 unspecified atom stereocenters. The van der Waals surface area contributed by atoms with Gasteiger partial charge in [0.2, 0.25) is 11.2 Å². The van der Waals surface area contributed by atoms with Crippen molar-refractivity contribution < 1.29 is 38.7 Å². The molecule has 42 heavy (non-hydrogen) atoms. The molecule has 5 aromatic rings. The van der Waals surface area contributed by atoms with E-state index in [9.17, 15) is 24.9 Å². The molecular weight excluding hydrogens is 540 g/mol. The van der Waals surface area contributed by atoms with Gasteiger partial charge in [-0.3, -0.25) is 9.59 Å². The Hall–Kier alpha value is -5.70. The lowest BCUT2D eigenvalue weighted by molar-refractivity contribution is -0.116. The van der Waals surface area contributed by atoms with E-state index in [-0.39, 0.29) is 34.0 Å². The molecule has 3 N–H and O–H groups in total. The van der Waals surface area contributed by atoms with Crippen LogP contribution in [0.1, 0.15) is 11.1 Å². The molecule has 4 aromatic carbocycles. The maximum absolute atomic E-state index is 13.3. The number of carbonyl (C=O) groups is 1. The van der Waals surface area contributed by atoms with Crippen molar-refractivity contribution in [1.29, 1.82) is 0 Å². The van der Waals surface area contributed by atoms with Gasteiger partial charge in [-0.1, -0.05) is 42.5 Å². The van der Waals surface area contributed by atoms with Gasteiger partial charge in [0, 0.05) is 17.7 Å². The smallest absolute Gasteiger partial charge is 0.239 e. The van der Waals surface area contributed by atoms with Crippen molar-refractivity contribution in [3.05, 3.63) is 112 Å². The van der Waals surface area contributed by atoms with Crippen LogP contribution >= 0.6 is 0 Å². The van der Waals surface area contributed by atoms with E-state index in [0.717, 1.165) is 11.6 Å². The van der Waals surface area contributed by atoms with Gasteiger partial charge >= 0.3 is 0 Å². The average molecular weight is 567 g/mol. The standard InChI is InChI=1S/C33H26O9/c1-39-28-15-20(8-14-27(28)40-18-21-5-3-2-4-6-21)7-11-24(35)19-41-33-31(38)30-26(37)16-25(36)17-29(30)42-32(33)22-9-12-23(34)13-10-22/h2-17,34,36-37H,18-19H2,1H3/b11-7+. The summed E-state index contributed by atoms with van der Waals surface area (Å²) in [7, 11) is 1.52. The molecule has 212 valence electrons. The molecule has 0 saturated carbocycles. The van der Waals surface area contributed by atoms with Crippen molar-refractivity contribution in [2.24, 2.45) is 0 Å². The van der Waals surface area contributed by atoms with E-state index in [2.05, 4.69) is 0 Å². The highest BCUT2D eigenvalue weighted by atomic mass is 16.5. The van der Waals surface area contributed by atoms with Crippen LogP contribution in [0, 0.1) is 0 Å². The lowest BCUT2D eigenvalue weighted by atomic mass is 10.1. The first-order valence-corrected chi connectivity index (χ1v) is 12.8. The van der Waals surface area contributed by atoms with Crippen LogP contribution in [0.25, 0.3) is 28.4 Å². The molecular formula is C33H26O9. The van der Waals surface area contributed by atoms with Gasteiger partial charge in [0.25, 0.3) is 0 Å². The van der Waals surface area contributed by atoms with Crippen molar-refractivity contribution >= 4 is 22.8 Å². The number of benzene rings is 4. The third-order valence-electron chi connectivity index (χ3n) is 6.29. The minimum atomic E-state index is -0.732. The second-order valence-electron chi connectivity index (χ2n) is 9.25. The third-order valence-corrected chi connectivity index (χ3v) is 6.29. The summed E-state index contributed by atoms with van der Waals surface area (Å²) < 4.78 is 22.8. The first-order chi connectivity index (χ1) is 20.3. The zero-order valence-electron chi connectivity index (χ0n) is 22.4. The van der Waals surface area contributed by atoms with Crippen LogP contribution in [-0.2, 0) is 11.4 Å². The highest BCUT2D eigenvalue weighted by Crippen LogP contribution is 2.36. The highest BCUT2D eigenvalue weighted by Gasteiger charge is 2.21. The summed E-state index contributed by atoms with van der Waals surface area (Å²) in [6.07, 6.45) is 2.88. The Morgan fingerprint density at radius 3 is 2.36 bits per heavy atom. The number of aromatic hydroxyl groups is 3. The number of carbonyl (C=O) groups excluding carboxylic acids is 1. The number of methoxy groups -OCH3 is 1. The van der Waals surface area contributed by atoms with Crippen LogP contribution in [0.2, 0.25) is 0 Å². The number of ether oxygens (including phenoxy) is 3. The van der Waals surface area contributed by atoms with Crippen molar-refractivity contribution in [3.8, 4) is 45.8 Å². The van der Waals surface area contributed by atoms with E-state index in [1.807, 2.05) is 30.3 Å². The zero-order valence-corrected chi connectivity index (χ0v) is 22.4. The first kappa shape index (κ1) is 27.9. The van der Waals surface area contributed by atoms with Crippen LogP contribution < -0.4 is 19.6 Å². The molecule has 0 aliphatic rings. The second kappa shape index (κ2) is 12.2. The summed E-state index contributed by atoms with van der Waals surface area (Å²) in [5.41, 5.74) is 1.24. The number of fused-ring (bicyclic) bond motifs is 1. The predicted octanol–water partition coefficient (Wildman–Crippen LogP) is 5.83. The maximum atomic E-state index is 13.3. The van der Waals surface area contributed by atoms with Crippen molar-refractivity contribution in [1.82, 2.24) is 0 Å². The van der Waals surface area contributed by atoms with E-state index >= 15 is 0 Å². The third kappa shape index (κ3) is 6.20. The van der Waals surface area contributed by atoms with Crippen molar-refractivity contribution in [3.63, 3.8) is 0 Å². The second-order valence-corrected chi connectivity index (χ2v) is 9.25. The van der Waals surface area contributed by atoms with E-state index in [1.165, 1.54) is 43.5 Å². The number of ketones is 1. The van der Waals surface area contributed by atoms with Gasteiger partial charge in [-0.05, 0) is 53.6 Å². The summed E-state index contributed by atoms with van der Waals surface area (Å²) >= 11 is 0. The molecule has 0 aliphatic heterocycles. The fourth-order valence-electron chi connectivity index (χ4n) is 4.23. The largest absolute Gasteiger partial charge is 0.508 e. The monoisotopic (exact) mass is 566 g/mol. The Balaban J connectivity index is 1.35. The summed E-state index contributed by atoms with van der Waals surface area (Å²) in [6, 6.07) is 22.9. The number of rotatable bonds is 10. The fraction of sp³-hybridized carbons (Fsp3) is 0.0909. The number of phenols is 3. The molecule has 0 atom stereocenters. The molecule has 0 saturated heterocycles. The summed E-state index contributed by atoms with van der Waals surface area (Å²) in [4.78, 5) is 26.1. The van der Waals surface area contributed by atoms with Gasteiger partial charge < -0.3 is 33.9 Å². The van der Waals surface area contributed by atoms with E-state index < -0.39 is 23.6 Å². The normalized spacial score (nSPS) is 11.1.